The van der Waals surface area contributed by atoms with E-state index < -0.39 is 0 Å². The first-order valence-electron chi connectivity index (χ1n) is 6.23. The molecule has 3 unspecified atom stereocenters. The largest absolute Gasteiger partial charge is 0.327 e. The van der Waals surface area contributed by atoms with E-state index >= 15 is 0 Å². The van der Waals surface area contributed by atoms with E-state index in [9.17, 15) is 0 Å². The number of fused-ring (bicyclic) bond motifs is 1. The van der Waals surface area contributed by atoms with E-state index in [1.807, 2.05) is 0 Å². The molecule has 0 bridgehead atoms. The van der Waals surface area contributed by atoms with Gasteiger partial charge in [0.1, 0.15) is 0 Å². The standard InChI is InChI=1S/C13H21N/c14-13(5-9-3-1-2-4-9)12-7-10-6-11(10)8-12/h1-2,9-13H,3-8,14H2. The highest BCUT2D eigenvalue weighted by atomic mass is 14.7. The van der Waals surface area contributed by atoms with Gasteiger partial charge in [-0.3, -0.25) is 0 Å². The van der Waals surface area contributed by atoms with E-state index in [-0.39, 0.29) is 0 Å². The molecule has 0 aromatic carbocycles. The van der Waals surface area contributed by atoms with Crippen LogP contribution in [0.3, 0.4) is 0 Å². The molecule has 2 fully saturated rings. The maximum absolute atomic E-state index is 6.31. The van der Waals surface area contributed by atoms with Gasteiger partial charge in [-0.15, -0.1) is 0 Å². The molecule has 2 saturated carbocycles. The van der Waals surface area contributed by atoms with Gasteiger partial charge in [0, 0.05) is 6.04 Å². The molecule has 0 aliphatic heterocycles. The summed E-state index contributed by atoms with van der Waals surface area (Å²) in [6.07, 6.45) is 12.9. The molecule has 0 saturated heterocycles. The van der Waals surface area contributed by atoms with Crippen molar-refractivity contribution >= 4 is 0 Å². The fraction of sp³-hybridized carbons (Fsp3) is 0.846. The lowest BCUT2D eigenvalue weighted by atomic mass is 9.87. The fourth-order valence-corrected chi connectivity index (χ4v) is 3.55. The quantitative estimate of drug-likeness (QED) is 0.682. The summed E-state index contributed by atoms with van der Waals surface area (Å²) in [5, 5.41) is 0. The first-order valence-corrected chi connectivity index (χ1v) is 6.23. The van der Waals surface area contributed by atoms with Gasteiger partial charge in [-0.2, -0.15) is 0 Å². The van der Waals surface area contributed by atoms with Crippen LogP contribution in [0.1, 0.15) is 38.5 Å². The lowest BCUT2D eigenvalue weighted by molar-refractivity contribution is 0.332. The second-order valence-corrected chi connectivity index (χ2v) is 5.70. The number of hydrogen-bond acceptors (Lipinski definition) is 1. The molecular weight excluding hydrogens is 170 g/mol. The van der Waals surface area contributed by atoms with E-state index in [1.165, 1.54) is 38.5 Å². The zero-order chi connectivity index (χ0) is 9.54. The van der Waals surface area contributed by atoms with E-state index in [1.54, 1.807) is 0 Å². The van der Waals surface area contributed by atoms with Crippen LogP contribution in [0.4, 0.5) is 0 Å². The van der Waals surface area contributed by atoms with Crippen molar-refractivity contribution in [3.8, 4) is 0 Å². The van der Waals surface area contributed by atoms with Crippen molar-refractivity contribution in [1.29, 1.82) is 0 Å². The van der Waals surface area contributed by atoms with Crippen LogP contribution in [0.15, 0.2) is 12.2 Å². The molecule has 3 aliphatic carbocycles. The summed E-state index contributed by atoms with van der Waals surface area (Å²) in [6.45, 7) is 0. The molecule has 1 heteroatoms. The van der Waals surface area contributed by atoms with Gasteiger partial charge >= 0.3 is 0 Å². The van der Waals surface area contributed by atoms with Crippen molar-refractivity contribution in [1.82, 2.24) is 0 Å². The number of allylic oxidation sites excluding steroid dienone is 2. The summed E-state index contributed by atoms with van der Waals surface area (Å²) >= 11 is 0. The molecular formula is C13H21N. The Bertz CT molecular complexity index is 228. The van der Waals surface area contributed by atoms with Crippen LogP contribution in [0.5, 0.6) is 0 Å². The molecule has 0 heterocycles. The van der Waals surface area contributed by atoms with Crippen molar-refractivity contribution in [2.45, 2.75) is 44.6 Å². The molecule has 3 aliphatic rings. The Morgan fingerprint density at radius 1 is 1.07 bits per heavy atom. The number of rotatable bonds is 3. The minimum Gasteiger partial charge on any atom is -0.327 e. The predicted molar refractivity (Wildman–Crippen MR) is 58.8 cm³/mol. The molecule has 3 rings (SSSR count). The second-order valence-electron chi connectivity index (χ2n) is 5.70. The van der Waals surface area contributed by atoms with Gasteiger partial charge in [-0.1, -0.05) is 12.2 Å². The van der Waals surface area contributed by atoms with Gasteiger partial charge in [0.2, 0.25) is 0 Å². The Morgan fingerprint density at radius 2 is 1.71 bits per heavy atom. The SMILES string of the molecule is NC(CC1CC=CC1)C1CC2CC2C1. The minimum absolute atomic E-state index is 0.507. The van der Waals surface area contributed by atoms with E-state index in [2.05, 4.69) is 12.2 Å². The maximum atomic E-state index is 6.31. The van der Waals surface area contributed by atoms with Crippen LogP contribution in [-0.2, 0) is 0 Å². The molecule has 0 radical (unpaired) electrons. The molecule has 0 amide bonds. The first kappa shape index (κ1) is 8.96. The smallest absolute Gasteiger partial charge is 0.00702 e. The summed E-state index contributed by atoms with van der Waals surface area (Å²) in [6, 6.07) is 0.507. The Morgan fingerprint density at radius 3 is 2.36 bits per heavy atom. The zero-order valence-electron chi connectivity index (χ0n) is 8.86. The van der Waals surface area contributed by atoms with Crippen LogP contribution in [0.2, 0.25) is 0 Å². The van der Waals surface area contributed by atoms with Gasteiger partial charge in [-0.05, 0) is 62.2 Å². The van der Waals surface area contributed by atoms with Gasteiger partial charge in [0.25, 0.3) is 0 Å². The van der Waals surface area contributed by atoms with Gasteiger partial charge in [0.05, 0.1) is 0 Å². The summed E-state index contributed by atoms with van der Waals surface area (Å²) in [5.41, 5.74) is 6.31. The number of nitrogens with two attached hydrogens (primary N) is 1. The normalized spacial score (nSPS) is 42.8. The fourth-order valence-electron chi connectivity index (χ4n) is 3.55. The van der Waals surface area contributed by atoms with Crippen molar-refractivity contribution in [3.63, 3.8) is 0 Å². The van der Waals surface area contributed by atoms with E-state index in [0.29, 0.717) is 6.04 Å². The highest BCUT2D eigenvalue weighted by molar-refractivity contribution is 5.00. The highest BCUT2D eigenvalue weighted by Gasteiger charge is 2.47. The average molecular weight is 191 g/mol. The number of hydrogen-bond donors (Lipinski definition) is 1. The average Bonchev–Trinajstić information content (AvgIpc) is 2.68. The van der Waals surface area contributed by atoms with Gasteiger partial charge < -0.3 is 5.73 Å². The molecule has 2 N–H and O–H groups in total. The lowest BCUT2D eigenvalue weighted by Crippen LogP contribution is -2.31. The Kier molecular flexibility index (Phi) is 2.16. The monoisotopic (exact) mass is 191 g/mol. The summed E-state index contributed by atoms with van der Waals surface area (Å²) in [5.74, 6) is 3.93. The third-order valence-corrected chi connectivity index (χ3v) is 4.60. The predicted octanol–water partition coefficient (Wildman–Crippen LogP) is 2.72. The Balaban J connectivity index is 1.48. The van der Waals surface area contributed by atoms with Crippen LogP contribution in [0.25, 0.3) is 0 Å². The van der Waals surface area contributed by atoms with Crippen LogP contribution >= 0.6 is 0 Å². The summed E-state index contributed by atoms with van der Waals surface area (Å²) in [4.78, 5) is 0. The van der Waals surface area contributed by atoms with Crippen molar-refractivity contribution in [2.24, 2.45) is 29.4 Å². The third kappa shape index (κ3) is 1.63. The van der Waals surface area contributed by atoms with Crippen molar-refractivity contribution < 1.29 is 0 Å². The Labute approximate surface area is 86.8 Å². The molecule has 0 aromatic rings. The summed E-state index contributed by atoms with van der Waals surface area (Å²) < 4.78 is 0. The maximum Gasteiger partial charge on any atom is 0.00702 e. The van der Waals surface area contributed by atoms with E-state index in [0.717, 1.165) is 23.7 Å². The Hall–Kier alpha value is -0.300. The zero-order valence-corrected chi connectivity index (χ0v) is 8.86. The molecule has 1 nitrogen and oxygen atoms in total. The van der Waals surface area contributed by atoms with Crippen molar-refractivity contribution in [3.05, 3.63) is 12.2 Å². The van der Waals surface area contributed by atoms with Crippen LogP contribution in [-0.4, -0.2) is 6.04 Å². The summed E-state index contributed by atoms with van der Waals surface area (Å²) in [7, 11) is 0. The molecule has 14 heavy (non-hydrogen) atoms. The van der Waals surface area contributed by atoms with Crippen LogP contribution in [0, 0.1) is 23.7 Å². The molecule has 3 atom stereocenters. The lowest BCUT2D eigenvalue weighted by Gasteiger charge is -2.23. The van der Waals surface area contributed by atoms with Crippen molar-refractivity contribution in [2.75, 3.05) is 0 Å². The minimum atomic E-state index is 0.507. The highest BCUT2D eigenvalue weighted by Crippen LogP contribution is 2.55. The molecule has 0 aromatic heterocycles. The van der Waals surface area contributed by atoms with Crippen LogP contribution < -0.4 is 5.73 Å². The second kappa shape index (κ2) is 3.37. The van der Waals surface area contributed by atoms with Gasteiger partial charge in [0.15, 0.2) is 0 Å². The van der Waals surface area contributed by atoms with Gasteiger partial charge in [-0.25, -0.2) is 0 Å². The topological polar surface area (TPSA) is 26.0 Å². The van der Waals surface area contributed by atoms with E-state index in [4.69, 9.17) is 5.73 Å². The molecule has 0 spiro atoms. The first-order chi connectivity index (χ1) is 6.83. The molecule has 78 valence electrons. The third-order valence-electron chi connectivity index (χ3n) is 4.60.